The minimum absolute atomic E-state index is 0.570. The fourth-order valence-electron chi connectivity index (χ4n) is 2.35. The summed E-state index contributed by atoms with van der Waals surface area (Å²) in [6.45, 7) is 4.19. The molecule has 116 valence electrons. The smallest absolute Gasteiger partial charge is 0.102 e. The van der Waals surface area contributed by atoms with Gasteiger partial charge in [0.25, 0.3) is 0 Å². The molecule has 0 N–H and O–H groups in total. The molecule has 0 aliphatic rings. The molecule has 4 rings (SSSR count). The van der Waals surface area contributed by atoms with Crippen molar-refractivity contribution in [3.63, 3.8) is 0 Å². The van der Waals surface area contributed by atoms with Crippen LogP contribution in [-0.4, -0.2) is 20.4 Å². The van der Waals surface area contributed by atoms with E-state index in [-0.39, 0.29) is 0 Å². The molecule has 0 aliphatic heterocycles. The Morgan fingerprint density at radius 1 is 0.875 bits per heavy atom. The number of aryl methyl sites for hydroxylation is 2. The van der Waals surface area contributed by atoms with Crippen molar-refractivity contribution >= 4 is 21.8 Å². The number of hydrogen-bond acceptors (Lipinski definition) is 5. The van der Waals surface area contributed by atoms with Crippen molar-refractivity contribution in [3.8, 4) is 6.07 Å². The average molecular weight is 313 g/mol. The summed E-state index contributed by atoms with van der Waals surface area (Å²) in [5.41, 5.74) is 4.87. The summed E-state index contributed by atoms with van der Waals surface area (Å²) in [5.74, 6) is 0. The predicted molar refractivity (Wildman–Crippen MR) is 93.3 cm³/mol. The van der Waals surface area contributed by atoms with E-state index in [0.29, 0.717) is 5.56 Å². The predicted octanol–water partition coefficient (Wildman–Crippen LogP) is 3.75. The summed E-state index contributed by atoms with van der Waals surface area (Å²) < 4.78 is 0. The molecule has 5 nitrogen and oxygen atoms in total. The highest BCUT2D eigenvalue weighted by Gasteiger charge is 1.99. The van der Waals surface area contributed by atoms with Crippen molar-refractivity contribution in [2.75, 3.05) is 0 Å². The van der Waals surface area contributed by atoms with Gasteiger partial charge in [-0.2, -0.15) is 25.7 Å². The van der Waals surface area contributed by atoms with Gasteiger partial charge >= 0.3 is 0 Å². The molecule has 0 unspecified atom stereocenters. The van der Waals surface area contributed by atoms with Crippen LogP contribution in [0.5, 0.6) is 0 Å². The van der Waals surface area contributed by atoms with Crippen LogP contribution >= 0.6 is 0 Å². The number of aromatic nitrogens is 4. The van der Waals surface area contributed by atoms with Crippen LogP contribution in [0.1, 0.15) is 16.7 Å². The highest BCUT2D eigenvalue weighted by atomic mass is 15.1. The SMILES string of the molecule is Cc1cc2ccnnc2cc1C.N#Cc1cnnc2ccccc12. The lowest BCUT2D eigenvalue weighted by molar-refractivity contribution is 1.07. The van der Waals surface area contributed by atoms with Gasteiger partial charge in [-0.25, -0.2) is 0 Å². The van der Waals surface area contributed by atoms with Gasteiger partial charge in [0, 0.05) is 10.8 Å². The molecule has 5 heteroatoms. The summed E-state index contributed by atoms with van der Waals surface area (Å²) in [6, 6.07) is 15.7. The van der Waals surface area contributed by atoms with Gasteiger partial charge in [0.15, 0.2) is 0 Å². The molecule has 2 aromatic heterocycles. The summed E-state index contributed by atoms with van der Waals surface area (Å²) >= 11 is 0. The maximum absolute atomic E-state index is 8.72. The topological polar surface area (TPSA) is 75.3 Å². The van der Waals surface area contributed by atoms with Gasteiger partial charge in [0.1, 0.15) is 6.07 Å². The fourth-order valence-corrected chi connectivity index (χ4v) is 2.35. The van der Waals surface area contributed by atoms with E-state index in [1.54, 1.807) is 6.20 Å². The standard InChI is InChI=1S/C10H10N2.C9H5N3/c1-7-5-9-3-4-11-12-10(9)6-8(7)2;10-5-7-6-11-12-9-4-2-1-3-8(7)9/h3-6H,1-2H3;1-4,6H. The van der Waals surface area contributed by atoms with Gasteiger partial charge in [0.2, 0.25) is 0 Å². The maximum atomic E-state index is 8.72. The number of fused-ring (bicyclic) bond motifs is 2. The minimum Gasteiger partial charge on any atom is -0.192 e. The highest BCUT2D eigenvalue weighted by Crippen LogP contribution is 2.15. The van der Waals surface area contributed by atoms with Gasteiger partial charge in [-0.3, -0.25) is 0 Å². The Balaban J connectivity index is 0.000000141. The monoisotopic (exact) mass is 313 g/mol. The summed E-state index contributed by atoms with van der Waals surface area (Å²) in [7, 11) is 0. The Morgan fingerprint density at radius 2 is 1.62 bits per heavy atom. The molecule has 0 spiro atoms. The first kappa shape index (κ1) is 15.5. The maximum Gasteiger partial charge on any atom is 0.102 e. The zero-order valence-corrected chi connectivity index (χ0v) is 13.4. The zero-order chi connectivity index (χ0) is 16.9. The van der Waals surface area contributed by atoms with E-state index in [9.17, 15) is 0 Å². The fraction of sp³-hybridized carbons (Fsp3) is 0.105. The Labute approximate surface area is 139 Å². The van der Waals surface area contributed by atoms with Gasteiger partial charge in [-0.15, -0.1) is 0 Å². The van der Waals surface area contributed by atoms with Crippen LogP contribution in [0.25, 0.3) is 21.8 Å². The lowest BCUT2D eigenvalue weighted by Crippen LogP contribution is -1.86. The second-order valence-corrected chi connectivity index (χ2v) is 5.41. The molecule has 0 atom stereocenters. The third-order valence-electron chi connectivity index (χ3n) is 3.80. The Bertz CT molecular complexity index is 1000. The van der Waals surface area contributed by atoms with Crippen molar-refractivity contribution in [2.45, 2.75) is 13.8 Å². The van der Waals surface area contributed by atoms with E-state index >= 15 is 0 Å². The molecule has 2 heterocycles. The van der Waals surface area contributed by atoms with Crippen LogP contribution < -0.4 is 0 Å². The van der Waals surface area contributed by atoms with Crippen LogP contribution in [-0.2, 0) is 0 Å². The Kier molecular flexibility index (Phi) is 4.39. The molecule has 0 saturated heterocycles. The average Bonchev–Trinajstić information content (AvgIpc) is 2.63. The number of rotatable bonds is 0. The molecule has 0 radical (unpaired) electrons. The molecule has 24 heavy (non-hydrogen) atoms. The quantitative estimate of drug-likeness (QED) is 0.494. The second kappa shape index (κ2) is 6.80. The van der Waals surface area contributed by atoms with Gasteiger partial charge in [-0.05, 0) is 49.2 Å². The van der Waals surface area contributed by atoms with Crippen LogP contribution in [0, 0.1) is 25.2 Å². The van der Waals surface area contributed by atoms with Crippen molar-refractivity contribution in [1.82, 2.24) is 20.4 Å². The first-order valence-electron chi connectivity index (χ1n) is 7.48. The van der Waals surface area contributed by atoms with E-state index in [1.165, 1.54) is 17.3 Å². The van der Waals surface area contributed by atoms with E-state index in [1.807, 2.05) is 30.3 Å². The second-order valence-electron chi connectivity index (χ2n) is 5.41. The van der Waals surface area contributed by atoms with Gasteiger partial charge in [0.05, 0.1) is 29.0 Å². The number of nitriles is 1. The summed E-state index contributed by atoms with van der Waals surface area (Å²) in [5, 5.41) is 26.2. The Morgan fingerprint density at radius 3 is 2.46 bits per heavy atom. The molecule has 0 fully saturated rings. The van der Waals surface area contributed by atoms with Crippen LogP contribution in [0.15, 0.2) is 54.9 Å². The molecule has 4 aromatic rings. The van der Waals surface area contributed by atoms with Crippen molar-refractivity contribution in [3.05, 3.63) is 71.5 Å². The van der Waals surface area contributed by atoms with Crippen LogP contribution in [0.3, 0.4) is 0 Å². The molecule has 0 bridgehead atoms. The lowest BCUT2D eigenvalue weighted by Gasteiger charge is -2.00. The van der Waals surface area contributed by atoms with Crippen molar-refractivity contribution < 1.29 is 0 Å². The molecular formula is C19H15N5. The molecule has 0 aliphatic carbocycles. The zero-order valence-electron chi connectivity index (χ0n) is 13.4. The molecule has 0 amide bonds. The summed E-state index contributed by atoms with van der Waals surface area (Å²) in [4.78, 5) is 0. The third-order valence-corrected chi connectivity index (χ3v) is 3.80. The minimum atomic E-state index is 0.570. The van der Waals surface area contributed by atoms with Crippen molar-refractivity contribution in [2.24, 2.45) is 0 Å². The third kappa shape index (κ3) is 3.18. The number of hydrogen-bond donors (Lipinski definition) is 0. The van der Waals surface area contributed by atoms with Gasteiger partial charge < -0.3 is 0 Å². The number of nitrogens with zero attached hydrogens (tertiary/aromatic N) is 5. The largest absolute Gasteiger partial charge is 0.192 e. The Hall–Kier alpha value is -3.39. The highest BCUT2D eigenvalue weighted by molar-refractivity contribution is 5.83. The molecular weight excluding hydrogens is 298 g/mol. The van der Waals surface area contributed by atoms with E-state index in [4.69, 9.17) is 5.26 Å². The van der Waals surface area contributed by atoms with Crippen molar-refractivity contribution in [1.29, 1.82) is 5.26 Å². The van der Waals surface area contributed by atoms with E-state index < -0.39 is 0 Å². The van der Waals surface area contributed by atoms with E-state index in [0.717, 1.165) is 21.8 Å². The van der Waals surface area contributed by atoms with E-state index in [2.05, 4.69) is 52.4 Å². The van der Waals surface area contributed by atoms with Crippen LogP contribution in [0.2, 0.25) is 0 Å². The first-order valence-corrected chi connectivity index (χ1v) is 7.48. The molecule has 2 aromatic carbocycles. The summed E-state index contributed by atoms with van der Waals surface area (Å²) in [6.07, 6.45) is 3.19. The normalized spacial score (nSPS) is 10.0. The first-order chi connectivity index (χ1) is 11.7. The van der Waals surface area contributed by atoms with Gasteiger partial charge in [-0.1, -0.05) is 18.2 Å². The number of benzene rings is 2. The lowest BCUT2D eigenvalue weighted by atomic mass is 10.1. The molecule has 0 saturated carbocycles. The van der Waals surface area contributed by atoms with Crippen LogP contribution in [0.4, 0.5) is 0 Å².